The fourth-order valence-electron chi connectivity index (χ4n) is 4.72. The molecular weight excluding hydrogens is 419 g/mol. The van der Waals surface area contributed by atoms with Gasteiger partial charge in [-0.1, -0.05) is 24.8 Å². The molecule has 7 heteroatoms. The van der Waals surface area contributed by atoms with Crippen LogP contribution in [-0.2, 0) is 0 Å². The summed E-state index contributed by atoms with van der Waals surface area (Å²) in [5.74, 6) is 0.253. The second kappa shape index (κ2) is 8.08. The summed E-state index contributed by atoms with van der Waals surface area (Å²) in [6.07, 6.45) is 5.15. The number of nitrogens with zero attached hydrogens (tertiary/aromatic N) is 3. The van der Waals surface area contributed by atoms with E-state index in [-0.39, 0.29) is 17.7 Å². The molecule has 2 bridgehead atoms. The van der Waals surface area contributed by atoms with Gasteiger partial charge in [-0.3, -0.25) is 5.32 Å². The minimum absolute atomic E-state index is 0.0851. The van der Waals surface area contributed by atoms with Gasteiger partial charge in [0.1, 0.15) is 11.9 Å². The fourth-order valence-corrected chi connectivity index (χ4v) is 4.72. The summed E-state index contributed by atoms with van der Waals surface area (Å²) in [4.78, 5) is 4.11. The SMILES string of the molecule is C=C(c1ccc(-c2ccc(-c3ccnc(OC)c3)cc2O)nn1)[C@@H]1C[C@H]2C=C[C@](C)(N2)[C@@H]1F. The van der Waals surface area contributed by atoms with E-state index in [1.54, 1.807) is 43.6 Å². The van der Waals surface area contributed by atoms with Gasteiger partial charge in [0.05, 0.1) is 24.0 Å². The Labute approximate surface area is 191 Å². The molecule has 4 atom stereocenters. The van der Waals surface area contributed by atoms with E-state index < -0.39 is 11.7 Å². The smallest absolute Gasteiger partial charge is 0.213 e. The molecule has 6 nitrogen and oxygen atoms in total. The minimum Gasteiger partial charge on any atom is -0.507 e. The Morgan fingerprint density at radius 2 is 2.00 bits per heavy atom. The number of rotatable bonds is 5. The fraction of sp³-hybridized carbons (Fsp3) is 0.269. The number of aromatic hydroxyl groups is 1. The number of piperidine rings is 1. The van der Waals surface area contributed by atoms with Crippen LogP contribution in [0.3, 0.4) is 0 Å². The Morgan fingerprint density at radius 3 is 2.73 bits per heavy atom. The number of hydrogen-bond acceptors (Lipinski definition) is 6. The number of aromatic nitrogens is 3. The normalized spacial score (nSPS) is 25.7. The maximum absolute atomic E-state index is 15.2. The Morgan fingerprint density at radius 1 is 1.18 bits per heavy atom. The minimum atomic E-state index is -1.09. The molecule has 2 aliphatic heterocycles. The number of halogens is 1. The summed E-state index contributed by atoms with van der Waals surface area (Å²) in [6, 6.07) is 12.7. The highest BCUT2D eigenvalue weighted by molar-refractivity contribution is 5.75. The van der Waals surface area contributed by atoms with Crippen molar-refractivity contribution in [2.45, 2.75) is 31.1 Å². The van der Waals surface area contributed by atoms with Crippen molar-refractivity contribution >= 4 is 5.57 Å². The number of methoxy groups -OCH3 is 1. The lowest BCUT2D eigenvalue weighted by Crippen LogP contribution is -2.56. The third-order valence-corrected chi connectivity index (χ3v) is 6.60. The van der Waals surface area contributed by atoms with Gasteiger partial charge < -0.3 is 9.84 Å². The summed E-state index contributed by atoms with van der Waals surface area (Å²) in [5, 5.41) is 22.6. The molecule has 2 aromatic heterocycles. The molecule has 33 heavy (non-hydrogen) atoms. The van der Waals surface area contributed by atoms with Gasteiger partial charge in [0.25, 0.3) is 0 Å². The van der Waals surface area contributed by atoms with Crippen LogP contribution in [0.5, 0.6) is 11.6 Å². The number of phenolic OH excluding ortho intramolecular Hbond substituents is 1. The van der Waals surface area contributed by atoms with Crippen molar-refractivity contribution in [3.05, 3.63) is 73.1 Å². The number of ether oxygens (including phenoxy) is 1. The predicted octanol–water partition coefficient (Wildman–Crippen LogP) is 4.58. The lowest BCUT2D eigenvalue weighted by Gasteiger charge is -2.40. The Kier molecular flexibility index (Phi) is 5.21. The number of allylic oxidation sites excluding steroid dienone is 1. The molecule has 2 aliphatic rings. The van der Waals surface area contributed by atoms with Crippen LogP contribution in [0.15, 0.2) is 67.4 Å². The van der Waals surface area contributed by atoms with Gasteiger partial charge in [0, 0.05) is 29.8 Å². The summed E-state index contributed by atoms with van der Waals surface area (Å²) in [5.41, 5.74) is 3.33. The molecule has 1 fully saturated rings. The van der Waals surface area contributed by atoms with E-state index in [4.69, 9.17) is 4.74 Å². The van der Waals surface area contributed by atoms with Crippen molar-refractivity contribution in [1.82, 2.24) is 20.5 Å². The van der Waals surface area contributed by atoms with E-state index in [1.807, 2.05) is 31.2 Å². The van der Waals surface area contributed by atoms with Crippen molar-refractivity contribution in [2.75, 3.05) is 7.11 Å². The lowest BCUT2D eigenvalue weighted by molar-refractivity contribution is 0.120. The molecule has 5 rings (SSSR count). The monoisotopic (exact) mass is 444 g/mol. The standard InChI is InChI=1S/C26H25FN4O2/c1-15(20-14-18-8-10-26(2,29-18)25(20)27)21-6-7-22(31-30-21)19-5-4-16(12-23(19)32)17-9-11-28-24(13-17)33-3/h4-13,18,20,25,29,32H,1,14H2,2-3H3/t18-,20+,25-,26+/m1/s1. The molecule has 1 aromatic carbocycles. The molecule has 3 aromatic rings. The Balaban J connectivity index is 1.37. The summed E-state index contributed by atoms with van der Waals surface area (Å²) in [7, 11) is 1.56. The van der Waals surface area contributed by atoms with E-state index in [0.717, 1.165) is 11.1 Å². The molecule has 0 amide bonds. The largest absolute Gasteiger partial charge is 0.507 e. The molecule has 0 saturated carbocycles. The topological polar surface area (TPSA) is 80.2 Å². The van der Waals surface area contributed by atoms with Crippen LogP contribution in [0.25, 0.3) is 28.0 Å². The third kappa shape index (κ3) is 3.78. The first kappa shape index (κ1) is 21.3. The van der Waals surface area contributed by atoms with Crippen LogP contribution in [0.4, 0.5) is 4.39 Å². The van der Waals surface area contributed by atoms with E-state index in [0.29, 0.717) is 34.8 Å². The van der Waals surface area contributed by atoms with Gasteiger partial charge in [-0.25, -0.2) is 9.37 Å². The average molecular weight is 445 g/mol. The molecule has 2 N–H and O–H groups in total. The number of hydrogen-bond donors (Lipinski definition) is 2. The van der Waals surface area contributed by atoms with Crippen molar-refractivity contribution in [3.63, 3.8) is 0 Å². The molecule has 168 valence electrons. The molecule has 0 unspecified atom stereocenters. The van der Waals surface area contributed by atoms with E-state index in [9.17, 15) is 5.11 Å². The van der Waals surface area contributed by atoms with Crippen molar-refractivity contribution in [1.29, 1.82) is 0 Å². The second-order valence-electron chi connectivity index (χ2n) is 8.78. The molecule has 0 radical (unpaired) electrons. The molecule has 1 saturated heterocycles. The maximum atomic E-state index is 15.2. The number of nitrogens with one attached hydrogen (secondary N) is 1. The van der Waals surface area contributed by atoms with Crippen LogP contribution in [0.2, 0.25) is 0 Å². The summed E-state index contributed by atoms with van der Waals surface area (Å²) >= 11 is 0. The van der Waals surface area contributed by atoms with E-state index in [2.05, 4.69) is 27.1 Å². The van der Waals surface area contributed by atoms with Crippen LogP contribution in [0, 0.1) is 5.92 Å². The number of benzene rings is 1. The highest BCUT2D eigenvalue weighted by Gasteiger charge is 2.48. The van der Waals surface area contributed by atoms with Gasteiger partial charge in [-0.2, -0.15) is 5.10 Å². The number of fused-ring (bicyclic) bond motifs is 2. The molecule has 4 heterocycles. The number of pyridine rings is 1. The predicted molar refractivity (Wildman–Crippen MR) is 125 cm³/mol. The van der Waals surface area contributed by atoms with Crippen LogP contribution < -0.4 is 10.1 Å². The van der Waals surface area contributed by atoms with Gasteiger partial charge in [0.15, 0.2) is 0 Å². The van der Waals surface area contributed by atoms with Crippen molar-refractivity contribution in [2.24, 2.45) is 5.92 Å². The van der Waals surface area contributed by atoms with Gasteiger partial charge >= 0.3 is 0 Å². The van der Waals surface area contributed by atoms with Gasteiger partial charge in [-0.15, -0.1) is 5.10 Å². The first-order chi connectivity index (χ1) is 15.9. The van der Waals surface area contributed by atoms with E-state index in [1.165, 1.54) is 0 Å². The lowest BCUT2D eigenvalue weighted by atomic mass is 9.77. The number of phenols is 1. The Hall–Kier alpha value is -3.58. The highest BCUT2D eigenvalue weighted by Crippen LogP contribution is 2.42. The van der Waals surface area contributed by atoms with Crippen LogP contribution in [-0.4, -0.2) is 45.2 Å². The van der Waals surface area contributed by atoms with Gasteiger partial charge in [0.2, 0.25) is 5.88 Å². The van der Waals surface area contributed by atoms with Crippen molar-refractivity contribution < 1.29 is 14.2 Å². The molecular formula is C26H25FN4O2. The zero-order valence-electron chi connectivity index (χ0n) is 18.5. The third-order valence-electron chi connectivity index (χ3n) is 6.60. The van der Waals surface area contributed by atoms with Crippen LogP contribution >= 0.6 is 0 Å². The summed E-state index contributed by atoms with van der Waals surface area (Å²) < 4.78 is 20.4. The maximum Gasteiger partial charge on any atom is 0.213 e. The zero-order valence-corrected chi connectivity index (χ0v) is 18.5. The number of alkyl halides is 1. The Bertz CT molecular complexity index is 1240. The summed E-state index contributed by atoms with van der Waals surface area (Å²) in [6.45, 7) is 6.02. The van der Waals surface area contributed by atoms with Gasteiger partial charge in [-0.05, 0) is 60.4 Å². The van der Waals surface area contributed by atoms with E-state index >= 15 is 4.39 Å². The molecule has 0 spiro atoms. The second-order valence-corrected chi connectivity index (χ2v) is 8.78. The van der Waals surface area contributed by atoms with Crippen molar-refractivity contribution in [3.8, 4) is 34.0 Å². The highest BCUT2D eigenvalue weighted by atomic mass is 19.1. The average Bonchev–Trinajstić information content (AvgIpc) is 3.18. The molecule has 0 aliphatic carbocycles. The zero-order chi connectivity index (χ0) is 23.2. The first-order valence-electron chi connectivity index (χ1n) is 10.9. The first-order valence-corrected chi connectivity index (χ1v) is 10.9. The van der Waals surface area contributed by atoms with Crippen LogP contribution in [0.1, 0.15) is 19.0 Å². The quantitative estimate of drug-likeness (QED) is 0.561.